The summed E-state index contributed by atoms with van der Waals surface area (Å²) in [6.45, 7) is 8.45. The second kappa shape index (κ2) is 8.10. The summed E-state index contributed by atoms with van der Waals surface area (Å²) in [5, 5.41) is 8.19. The highest BCUT2D eigenvalue weighted by Crippen LogP contribution is 2.20. The number of carbonyl (C=O) groups excluding carboxylic acids is 1. The van der Waals surface area contributed by atoms with E-state index in [9.17, 15) is 4.79 Å². The number of nitrogens with zero attached hydrogens (tertiary/aromatic N) is 4. The molecule has 30 heavy (non-hydrogen) atoms. The predicted molar refractivity (Wildman–Crippen MR) is 115 cm³/mol. The fourth-order valence-electron chi connectivity index (χ4n) is 3.32. The molecular weight excluding hydrogens is 378 g/mol. The first kappa shape index (κ1) is 19.8. The summed E-state index contributed by atoms with van der Waals surface area (Å²) in [4.78, 5) is 21.8. The van der Waals surface area contributed by atoms with Crippen molar-refractivity contribution in [2.75, 3.05) is 6.54 Å². The molecular formula is C23H25N5O2. The number of benzene rings is 1. The van der Waals surface area contributed by atoms with Gasteiger partial charge < -0.3 is 9.73 Å². The standard InChI is InChI=1S/C23H25N5O2/c1-14(2)28-21-18(12-25-28)11-20(16(4)26-21)22(29)24-10-9-19-13-30-23(27-19)17-7-5-15(3)6-8-17/h5-8,11-14H,9-10H2,1-4H3,(H,24,29). The number of aromatic nitrogens is 4. The van der Waals surface area contributed by atoms with Gasteiger partial charge in [0.1, 0.15) is 6.26 Å². The Hall–Kier alpha value is -3.48. The highest BCUT2D eigenvalue weighted by atomic mass is 16.3. The summed E-state index contributed by atoms with van der Waals surface area (Å²) in [5.41, 5.74) is 4.97. The van der Waals surface area contributed by atoms with Gasteiger partial charge in [0.05, 0.1) is 23.1 Å². The molecule has 0 aliphatic heterocycles. The Kier molecular flexibility index (Phi) is 5.35. The van der Waals surface area contributed by atoms with Crippen molar-refractivity contribution in [3.05, 3.63) is 65.3 Å². The van der Waals surface area contributed by atoms with E-state index in [1.54, 1.807) is 12.5 Å². The van der Waals surface area contributed by atoms with E-state index in [2.05, 4.69) is 34.2 Å². The van der Waals surface area contributed by atoms with Gasteiger partial charge in [-0.1, -0.05) is 17.7 Å². The molecule has 7 heteroatoms. The molecule has 0 atom stereocenters. The lowest BCUT2D eigenvalue weighted by Crippen LogP contribution is -2.26. The van der Waals surface area contributed by atoms with Crippen LogP contribution in [0.2, 0.25) is 0 Å². The van der Waals surface area contributed by atoms with Crippen molar-refractivity contribution in [3.63, 3.8) is 0 Å². The van der Waals surface area contributed by atoms with Gasteiger partial charge >= 0.3 is 0 Å². The van der Waals surface area contributed by atoms with E-state index in [4.69, 9.17) is 4.42 Å². The molecule has 1 amide bonds. The summed E-state index contributed by atoms with van der Waals surface area (Å²) >= 11 is 0. The van der Waals surface area contributed by atoms with E-state index in [0.29, 0.717) is 30.1 Å². The molecule has 0 saturated heterocycles. The quantitative estimate of drug-likeness (QED) is 0.520. The van der Waals surface area contributed by atoms with Gasteiger partial charge in [-0.3, -0.25) is 4.79 Å². The summed E-state index contributed by atoms with van der Waals surface area (Å²) in [5.74, 6) is 0.436. The molecule has 0 bridgehead atoms. The summed E-state index contributed by atoms with van der Waals surface area (Å²) < 4.78 is 7.44. The minimum absolute atomic E-state index is 0.151. The van der Waals surface area contributed by atoms with Gasteiger partial charge in [0.25, 0.3) is 5.91 Å². The van der Waals surface area contributed by atoms with Gasteiger partial charge in [-0.05, 0) is 45.9 Å². The first-order valence-corrected chi connectivity index (χ1v) is 10.1. The molecule has 7 nitrogen and oxygen atoms in total. The average Bonchev–Trinajstić information content (AvgIpc) is 3.34. The number of hydrogen-bond donors (Lipinski definition) is 1. The number of nitrogens with one attached hydrogen (secondary N) is 1. The molecule has 0 spiro atoms. The fourth-order valence-corrected chi connectivity index (χ4v) is 3.32. The molecule has 0 fully saturated rings. The van der Waals surface area contributed by atoms with Crippen molar-refractivity contribution < 1.29 is 9.21 Å². The van der Waals surface area contributed by atoms with Gasteiger partial charge in [0, 0.05) is 30.0 Å². The van der Waals surface area contributed by atoms with Crippen LogP contribution in [0, 0.1) is 13.8 Å². The van der Waals surface area contributed by atoms with Gasteiger partial charge in [0.15, 0.2) is 5.65 Å². The first-order valence-electron chi connectivity index (χ1n) is 10.1. The Balaban J connectivity index is 1.40. The van der Waals surface area contributed by atoms with E-state index in [0.717, 1.165) is 22.3 Å². The summed E-state index contributed by atoms with van der Waals surface area (Å²) in [6.07, 6.45) is 3.97. The second-order valence-electron chi connectivity index (χ2n) is 7.73. The monoisotopic (exact) mass is 403 g/mol. The van der Waals surface area contributed by atoms with Crippen molar-refractivity contribution in [2.24, 2.45) is 0 Å². The zero-order chi connectivity index (χ0) is 21.3. The van der Waals surface area contributed by atoms with E-state index >= 15 is 0 Å². The van der Waals surface area contributed by atoms with Crippen molar-refractivity contribution in [1.82, 2.24) is 25.1 Å². The lowest BCUT2D eigenvalue weighted by atomic mass is 10.1. The maximum atomic E-state index is 12.7. The molecule has 1 N–H and O–H groups in total. The molecule has 0 radical (unpaired) electrons. The first-order chi connectivity index (χ1) is 14.4. The number of aryl methyl sites for hydroxylation is 2. The molecule has 3 aromatic heterocycles. The Bertz CT molecular complexity index is 1190. The Morgan fingerprint density at radius 3 is 2.67 bits per heavy atom. The average molecular weight is 403 g/mol. The largest absolute Gasteiger partial charge is 0.444 e. The van der Waals surface area contributed by atoms with Gasteiger partial charge in [-0.25, -0.2) is 14.6 Å². The van der Waals surface area contributed by atoms with Gasteiger partial charge in [-0.15, -0.1) is 0 Å². The lowest BCUT2D eigenvalue weighted by molar-refractivity contribution is 0.0953. The van der Waals surface area contributed by atoms with Crippen molar-refractivity contribution in [3.8, 4) is 11.5 Å². The molecule has 154 valence electrons. The van der Waals surface area contributed by atoms with Crippen LogP contribution in [0.1, 0.15) is 47.2 Å². The summed E-state index contributed by atoms with van der Waals surface area (Å²) in [6, 6.07) is 10.1. The van der Waals surface area contributed by atoms with Crippen LogP contribution in [0.25, 0.3) is 22.5 Å². The van der Waals surface area contributed by atoms with Crippen LogP contribution in [0.3, 0.4) is 0 Å². The molecule has 3 heterocycles. The third-order valence-corrected chi connectivity index (χ3v) is 5.01. The van der Waals surface area contributed by atoms with Crippen LogP contribution in [0.5, 0.6) is 0 Å². The lowest BCUT2D eigenvalue weighted by Gasteiger charge is -2.09. The molecule has 1 aromatic carbocycles. The Morgan fingerprint density at radius 2 is 1.93 bits per heavy atom. The van der Waals surface area contributed by atoms with Crippen LogP contribution >= 0.6 is 0 Å². The van der Waals surface area contributed by atoms with E-state index in [1.807, 2.05) is 48.9 Å². The molecule has 0 aliphatic rings. The zero-order valence-electron chi connectivity index (χ0n) is 17.6. The van der Waals surface area contributed by atoms with Crippen LogP contribution in [0.4, 0.5) is 0 Å². The second-order valence-corrected chi connectivity index (χ2v) is 7.73. The predicted octanol–water partition coefficient (Wildman–Crippen LogP) is 4.26. The Morgan fingerprint density at radius 1 is 1.17 bits per heavy atom. The third kappa shape index (κ3) is 3.96. The van der Waals surface area contributed by atoms with Gasteiger partial charge in [0.2, 0.25) is 5.89 Å². The fraction of sp³-hybridized carbons (Fsp3) is 0.304. The van der Waals surface area contributed by atoms with Crippen molar-refractivity contribution in [2.45, 2.75) is 40.2 Å². The van der Waals surface area contributed by atoms with Crippen molar-refractivity contribution in [1.29, 1.82) is 0 Å². The van der Waals surface area contributed by atoms with Crippen molar-refractivity contribution >= 4 is 16.9 Å². The molecule has 0 saturated carbocycles. The maximum absolute atomic E-state index is 12.7. The molecule has 0 unspecified atom stereocenters. The smallest absolute Gasteiger partial charge is 0.253 e. The third-order valence-electron chi connectivity index (χ3n) is 5.01. The number of carbonyl (C=O) groups is 1. The summed E-state index contributed by atoms with van der Waals surface area (Å²) in [7, 11) is 0. The van der Waals surface area contributed by atoms with E-state index in [-0.39, 0.29) is 11.9 Å². The Labute approximate surface area is 175 Å². The zero-order valence-corrected chi connectivity index (χ0v) is 17.6. The number of hydrogen-bond acceptors (Lipinski definition) is 5. The van der Waals surface area contributed by atoms with E-state index in [1.165, 1.54) is 5.56 Å². The highest BCUT2D eigenvalue weighted by molar-refractivity contribution is 5.98. The number of pyridine rings is 1. The van der Waals surface area contributed by atoms with E-state index < -0.39 is 0 Å². The highest BCUT2D eigenvalue weighted by Gasteiger charge is 2.15. The molecule has 4 rings (SSSR count). The minimum atomic E-state index is -0.151. The number of oxazole rings is 1. The maximum Gasteiger partial charge on any atom is 0.253 e. The van der Waals surface area contributed by atoms with Crippen LogP contribution in [-0.4, -0.2) is 32.2 Å². The topological polar surface area (TPSA) is 85.8 Å². The normalized spacial score (nSPS) is 11.4. The van der Waals surface area contributed by atoms with Crippen LogP contribution < -0.4 is 5.32 Å². The number of fused-ring (bicyclic) bond motifs is 1. The minimum Gasteiger partial charge on any atom is -0.444 e. The molecule has 0 aliphatic carbocycles. The number of rotatable bonds is 6. The number of amides is 1. The van der Waals surface area contributed by atoms with Gasteiger partial charge in [-0.2, -0.15) is 5.10 Å². The SMILES string of the molecule is Cc1ccc(-c2nc(CCNC(=O)c3cc4cnn(C(C)C)c4nc3C)co2)cc1. The van der Waals surface area contributed by atoms with Crippen LogP contribution in [-0.2, 0) is 6.42 Å². The molecule has 4 aromatic rings. The van der Waals surface area contributed by atoms with Crippen LogP contribution in [0.15, 0.2) is 47.2 Å².